The number of anilines is 1. The van der Waals surface area contributed by atoms with E-state index in [2.05, 4.69) is 15.6 Å². The standard InChI is InChI=1S/C24H36N8O8.C2H4O2/c1-40-22(37)24(21(35)36,11-2-12-28-23(26)27)31(20(34)14-29-19(33)13-25)17-7-3-15(4-8-17)30-16-5-9-18(10-6-16)32(38)39;1-2(3)4/h5-6,9-10,15,17,30H,2-4,7-8,11-14,25H2,1H3,(H,29,33)(H,35,36)(H4,26,27,28);1H3,(H,3,4)/t15?,17?,24-;/m0./s1. The lowest BCUT2D eigenvalue weighted by atomic mass is 9.83. The van der Waals surface area contributed by atoms with Gasteiger partial charge >= 0.3 is 11.9 Å². The van der Waals surface area contributed by atoms with Crippen LogP contribution in [0.15, 0.2) is 29.3 Å². The molecule has 1 aromatic rings. The van der Waals surface area contributed by atoms with E-state index in [1.807, 2.05) is 0 Å². The van der Waals surface area contributed by atoms with Gasteiger partial charge in [-0.3, -0.25) is 29.5 Å². The molecular formula is C26H40N8O10. The lowest BCUT2D eigenvalue weighted by Gasteiger charge is -2.45. The highest BCUT2D eigenvalue weighted by Gasteiger charge is 2.56. The Labute approximate surface area is 253 Å². The molecule has 0 radical (unpaired) electrons. The second kappa shape index (κ2) is 17.8. The molecule has 2 rings (SSSR count). The zero-order chi connectivity index (χ0) is 33.4. The molecule has 0 aromatic heterocycles. The Morgan fingerprint density at radius 2 is 1.68 bits per heavy atom. The van der Waals surface area contributed by atoms with Crippen molar-refractivity contribution in [2.45, 2.75) is 63.1 Å². The Morgan fingerprint density at radius 3 is 2.14 bits per heavy atom. The van der Waals surface area contributed by atoms with Gasteiger partial charge in [-0.05, 0) is 50.7 Å². The Hall–Kier alpha value is -5.00. The molecule has 0 spiro atoms. The molecule has 0 aliphatic heterocycles. The molecule has 0 heterocycles. The molecule has 1 aliphatic carbocycles. The molecule has 1 aromatic carbocycles. The van der Waals surface area contributed by atoms with Gasteiger partial charge in [-0.2, -0.15) is 0 Å². The number of carboxylic acids is 2. The molecule has 0 bridgehead atoms. The van der Waals surface area contributed by atoms with Crippen molar-refractivity contribution in [1.82, 2.24) is 10.2 Å². The highest BCUT2D eigenvalue weighted by atomic mass is 16.6. The number of guanidine groups is 1. The third kappa shape index (κ3) is 11.0. The first-order valence-electron chi connectivity index (χ1n) is 13.6. The Morgan fingerprint density at radius 1 is 1.11 bits per heavy atom. The Bertz CT molecular complexity index is 1190. The normalized spacial score (nSPS) is 16.9. The van der Waals surface area contributed by atoms with Crippen LogP contribution in [0.3, 0.4) is 0 Å². The van der Waals surface area contributed by atoms with Crippen LogP contribution in [0.25, 0.3) is 0 Å². The number of carbonyl (C=O) groups excluding carboxylic acids is 3. The van der Waals surface area contributed by atoms with Crippen molar-refractivity contribution in [2.24, 2.45) is 22.2 Å². The summed E-state index contributed by atoms with van der Waals surface area (Å²) in [5.41, 5.74) is 14.2. The number of aliphatic carboxylic acids is 2. The van der Waals surface area contributed by atoms with E-state index < -0.39 is 52.8 Å². The van der Waals surface area contributed by atoms with E-state index >= 15 is 0 Å². The van der Waals surface area contributed by atoms with Gasteiger partial charge in [-0.1, -0.05) is 0 Å². The number of methoxy groups -OCH3 is 1. The number of nitrogens with two attached hydrogens (primary N) is 3. The molecule has 0 unspecified atom stereocenters. The summed E-state index contributed by atoms with van der Waals surface area (Å²) >= 11 is 0. The molecule has 18 nitrogen and oxygen atoms in total. The van der Waals surface area contributed by atoms with Crippen LogP contribution >= 0.6 is 0 Å². The van der Waals surface area contributed by atoms with Crippen LogP contribution in [0.5, 0.6) is 0 Å². The molecule has 1 saturated carbocycles. The first-order chi connectivity index (χ1) is 20.7. The number of hydrogen-bond acceptors (Lipinski definition) is 11. The fraction of sp³-hybridized carbons (Fsp3) is 0.538. The summed E-state index contributed by atoms with van der Waals surface area (Å²) in [6.45, 7) is 0.134. The molecule has 44 heavy (non-hydrogen) atoms. The monoisotopic (exact) mass is 624 g/mol. The van der Waals surface area contributed by atoms with Gasteiger partial charge in [0.05, 0.1) is 25.1 Å². The number of carboxylic acid groups (broad SMARTS) is 2. The van der Waals surface area contributed by atoms with Crippen molar-refractivity contribution in [3.63, 3.8) is 0 Å². The van der Waals surface area contributed by atoms with E-state index in [0.717, 1.165) is 18.9 Å². The SMILES string of the molecule is CC(=O)O.COC(=O)[C@](CCCN=C(N)N)(C(=O)O)N(C(=O)CNC(=O)CN)C1CCC(Nc2ccc([N+](=O)[O-])cc2)CC1. The molecule has 1 aliphatic rings. The second-order valence-electron chi connectivity index (χ2n) is 9.78. The number of amides is 2. The summed E-state index contributed by atoms with van der Waals surface area (Å²) in [4.78, 5) is 75.4. The summed E-state index contributed by atoms with van der Waals surface area (Å²) in [7, 11) is 1.03. The van der Waals surface area contributed by atoms with E-state index in [4.69, 9.17) is 31.8 Å². The van der Waals surface area contributed by atoms with Crippen molar-refractivity contribution < 1.29 is 43.8 Å². The molecule has 10 N–H and O–H groups in total. The number of rotatable bonds is 14. The Kier molecular flexibility index (Phi) is 15.0. The molecular weight excluding hydrogens is 584 g/mol. The van der Waals surface area contributed by atoms with Crippen LogP contribution in [-0.4, -0.2) is 100 Å². The maximum absolute atomic E-state index is 13.5. The number of nitro groups is 1. The summed E-state index contributed by atoms with van der Waals surface area (Å²) in [5, 5.41) is 34.3. The van der Waals surface area contributed by atoms with E-state index in [1.54, 1.807) is 12.1 Å². The van der Waals surface area contributed by atoms with Gasteiger partial charge in [0, 0.05) is 43.4 Å². The third-order valence-corrected chi connectivity index (χ3v) is 6.68. The van der Waals surface area contributed by atoms with Crippen molar-refractivity contribution in [1.29, 1.82) is 0 Å². The molecule has 1 atom stereocenters. The number of nitrogens with zero attached hydrogens (tertiary/aromatic N) is 3. The third-order valence-electron chi connectivity index (χ3n) is 6.68. The van der Waals surface area contributed by atoms with Crippen LogP contribution in [-0.2, 0) is 28.7 Å². The number of aliphatic imine (C=N–C) groups is 1. The number of nitro benzene ring substituents is 1. The number of non-ortho nitro benzene ring substituents is 1. The zero-order valence-corrected chi connectivity index (χ0v) is 24.6. The predicted octanol–water partition coefficient (Wildman–Crippen LogP) is -0.638. The van der Waals surface area contributed by atoms with E-state index in [-0.39, 0.29) is 43.6 Å². The van der Waals surface area contributed by atoms with E-state index in [1.165, 1.54) is 12.1 Å². The maximum atomic E-state index is 13.5. The van der Waals surface area contributed by atoms with E-state index in [9.17, 15) is 34.4 Å². The van der Waals surface area contributed by atoms with Gasteiger partial charge in [0.15, 0.2) is 5.96 Å². The van der Waals surface area contributed by atoms with Crippen LogP contribution in [0.2, 0.25) is 0 Å². The van der Waals surface area contributed by atoms with Gasteiger partial charge in [0.2, 0.25) is 17.4 Å². The van der Waals surface area contributed by atoms with Gasteiger partial charge < -0.3 is 47.7 Å². The van der Waals surface area contributed by atoms with Crippen LogP contribution < -0.4 is 27.8 Å². The number of carbonyl (C=O) groups is 5. The quantitative estimate of drug-likeness (QED) is 0.0258. The maximum Gasteiger partial charge on any atom is 0.343 e. The summed E-state index contributed by atoms with van der Waals surface area (Å²) in [6.07, 6.45) is 1.32. The van der Waals surface area contributed by atoms with Crippen molar-refractivity contribution in [3.05, 3.63) is 34.4 Å². The molecule has 1 fully saturated rings. The fourth-order valence-corrected chi connectivity index (χ4v) is 4.78. The molecule has 18 heteroatoms. The summed E-state index contributed by atoms with van der Waals surface area (Å²) < 4.78 is 4.88. The minimum atomic E-state index is -2.40. The number of esters is 1. The highest BCUT2D eigenvalue weighted by molar-refractivity contribution is 6.07. The summed E-state index contributed by atoms with van der Waals surface area (Å²) in [6, 6.07) is 5.17. The average Bonchev–Trinajstić information content (AvgIpc) is 2.97. The van der Waals surface area contributed by atoms with Crippen molar-refractivity contribution >= 4 is 47.1 Å². The van der Waals surface area contributed by atoms with E-state index in [0.29, 0.717) is 31.4 Å². The van der Waals surface area contributed by atoms with Gasteiger partial charge in [-0.15, -0.1) is 0 Å². The molecule has 2 amide bonds. The largest absolute Gasteiger partial charge is 0.481 e. The van der Waals surface area contributed by atoms with Crippen molar-refractivity contribution in [3.8, 4) is 0 Å². The zero-order valence-electron chi connectivity index (χ0n) is 24.6. The minimum Gasteiger partial charge on any atom is -0.481 e. The number of nitrogens with one attached hydrogen (secondary N) is 2. The minimum absolute atomic E-state index is 0.00615. The van der Waals surface area contributed by atoms with Gasteiger partial charge in [-0.25, -0.2) is 9.59 Å². The first kappa shape index (κ1) is 37.0. The number of benzene rings is 1. The van der Waals surface area contributed by atoms with Crippen LogP contribution in [0.4, 0.5) is 11.4 Å². The van der Waals surface area contributed by atoms with Crippen LogP contribution in [0, 0.1) is 10.1 Å². The highest BCUT2D eigenvalue weighted by Crippen LogP contribution is 2.34. The topological polar surface area (TPSA) is 296 Å². The number of ether oxygens (including phenoxy) is 1. The Balaban J connectivity index is 0.00000227. The predicted molar refractivity (Wildman–Crippen MR) is 157 cm³/mol. The number of hydrogen-bond donors (Lipinski definition) is 7. The molecule has 244 valence electrons. The smallest absolute Gasteiger partial charge is 0.343 e. The fourth-order valence-electron chi connectivity index (χ4n) is 4.78. The van der Waals surface area contributed by atoms with Crippen LogP contribution in [0.1, 0.15) is 45.4 Å². The van der Waals surface area contributed by atoms with Gasteiger partial charge in [0.25, 0.3) is 11.7 Å². The lowest BCUT2D eigenvalue weighted by molar-refractivity contribution is -0.384. The molecule has 0 saturated heterocycles. The van der Waals surface area contributed by atoms with Crippen molar-refractivity contribution in [2.75, 3.05) is 32.1 Å². The average molecular weight is 625 g/mol. The van der Waals surface area contributed by atoms with Gasteiger partial charge in [0.1, 0.15) is 0 Å². The second-order valence-corrected chi connectivity index (χ2v) is 9.78. The summed E-state index contributed by atoms with van der Waals surface area (Å²) in [5.74, 6) is -5.20. The first-order valence-corrected chi connectivity index (χ1v) is 13.6. The lowest BCUT2D eigenvalue weighted by Crippen LogP contribution is -2.67.